The van der Waals surface area contributed by atoms with Gasteiger partial charge in [0.15, 0.2) is 0 Å². The summed E-state index contributed by atoms with van der Waals surface area (Å²) in [5.74, 6) is 1.90. The zero-order chi connectivity index (χ0) is 19.5. The molecule has 2 N–H and O–H groups in total. The van der Waals surface area contributed by atoms with Crippen LogP contribution in [0.2, 0.25) is 0 Å². The number of benzene rings is 1. The molecular formula is C20H25N5O2S. The average Bonchev–Trinajstić information content (AvgIpc) is 3.37. The largest absolute Gasteiger partial charge is 0.337 e. The molecule has 0 aliphatic carbocycles. The van der Waals surface area contributed by atoms with E-state index in [1.54, 1.807) is 10.7 Å². The van der Waals surface area contributed by atoms with Crippen LogP contribution in [0, 0.1) is 5.92 Å². The number of hydrogen-bond donors (Lipinski definition) is 2. The third-order valence-corrected chi connectivity index (χ3v) is 6.32. The molecule has 2 aliphatic rings. The van der Waals surface area contributed by atoms with Gasteiger partial charge in [-0.1, -0.05) is 6.07 Å². The fraction of sp³-hybridized carbons (Fsp3) is 0.450. The van der Waals surface area contributed by atoms with Gasteiger partial charge >= 0.3 is 0 Å². The third kappa shape index (κ3) is 4.07. The van der Waals surface area contributed by atoms with Gasteiger partial charge in [0, 0.05) is 68.1 Å². The van der Waals surface area contributed by atoms with Gasteiger partial charge in [0.1, 0.15) is 0 Å². The maximum atomic E-state index is 12.9. The summed E-state index contributed by atoms with van der Waals surface area (Å²) in [5, 5.41) is 10.5. The highest BCUT2D eigenvalue weighted by Gasteiger charge is 2.34. The standard InChI is InChI=1S/C20H25N5O2S/c1-24-13-15(10-22-24)17-11-21-12-18(17)19(26)23-16-4-2-3-14(9-16)20(27)25-5-7-28-8-6-25/h2-4,9-10,13,17-18,21H,5-8,11-12H2,1H3,(H,23,26)/t17-,18+/m1/s1. The minimum Gasteiger partial charge on any atom is -0.337 e. The number of nitrogens with zero attached hydrogens (tertiary/aromatic N) is 3. The molecule has 2 saturated heterocycles. The van der Waals surface area contributed by atoms with E-state index in [0.717, 1.165) is 36.7 Å². The first kappa shape index (κ1) is 19.0. The highest BCUT2D eigenvalue weighted by atomic mass is 32.2. The van der Waals surface area contributed by atoms with Crippen LogP contribution in [0.5, 0.6) is 0 Å². The topological polar surface area (TPSA) is 79.3 Å². The molecule has 2 amide bonds. The molecule has 0 bridgehead atoms. The zero-order valence-electron chi connectivity index (χ0n) is 15.9. The van der Waals surface area contributed by atoms with Gasteiger partial charge in [-0.3, -0.25) is 14.3 Å². The summed E-state index contributed by atoms with van der Waals surface area (Å²) in [6.45, 7) is 2.95. The quantitative estimate of drug-likeness (QED) is 0.816. The van der Waals surface area contributed by atoms with Gasteiger partial charge in [-0.2, -0.15) is 16.9 Å². The SMILES string of the molecule is Cn1cc([C@H]2CNC[C@@H]2C(=O)Nc2cccc(C(=O)N3CCSCC3)c2)cn1. The summed E-state index contributed by atoms with van der Waals surface area (Å²) >= 11 is 1.87. The second-order valence-electron chi connectivity index (χ2n) is 7.29. The lowest BCUT2D eigenvalue weighted by molar-refractivity contribution is -0.119. The van der Waals surface area contributed by atoms with Crippen molar-refractivity contribution in [1.82, 2.24) is 20.0 Å². The molecule has 4 rings (SSSR count). The Labute approximate surface area is 168 Å². The van der Waals surface area contributed by atoms with E-state index < -0.39 is 0 Å². The minimum atomic E-state index is -0.164. The Bertz CT molecular complexity index is 862. The highest BCUT2D eigenvalue weighted by Crippen LogP contribution is 2.29. The maximum Gasteiger partial charge on any atom is 0.253 e. The van der Waals surface area contributed by atoms with Crippen LogP contribution in [0.4, 0.5) is 5.69 Å². The molecule has 0 saturated carbocycles. The fourth-order valence-corrected chi connectivity index (χ4v) is 4.75. The lowest BCUT2D eigenvalue weighted by atomic mass is 9.90. The Hall–Kier alpha value is -2.32. The van der Waals surface area contributed by atoms with Crippen molar-refractivity contribution >= 4 is 29.3 Å². The van der Waals surface area contributed by atoms with Gasteiger partial charge in [-0.15, -0.1) is 0 Å². The van der Waals surface area contributed by atoms with Crippen molar-refractivity contribution in [3.05, 3.63) is 47.8 Å². The van der Waals surface area contributed by atoms with Crippen molar-refractivity contribution < 1.29 is 9.59 Å². The molecule has 7 nitrogen and oxygen atoms in total. The van der Waals surface area contributed by atoms with Crippen molar-refractivity contribution in [3.63, 3.8) is 0 Å². The zero-order valence-corrected chi connectivity index (χ0v) is 16.7. The van der Waals surface area contributed by atoms with E-state index in [4.69, 9.17) is 0 Å². The number of aryl methyl sites for hydroxylation is 1. The molecule has 0 unspecified atom stereocenters. The highest BCUT2D eigenvalue weighted by molar-refractivity contribution is 7.99. The van der Waals surface area contributed by atoms with Gasteiger partial charge in [0.25, 0.3) is 5.91 Å². The van der Waals surface area contributed by atoms with Crippen molar-refractivity contribution in [1.29, 1.82) is 0 Å². The molecule has 148 valence electrons. The van der Waals surface area contributed by atoms with E-state index in [-0.39, 0.29) is 23.7 Å². The van der Waals surface area contributed by atoms with Gasteiger partial charge < -0.3 is 15.5 Å². The van der Waals surface area contributed by atoms with E-state index in [0.29, 0.717) is 17.8 Å². The van der Waals surface area contributed by atoms with Crippen LogP contribution in [0.3, 0.4) is 0 Å². The van der Waals surface area contributed by atoms with Crippen molar-refractivity contribution in [2.75, 3.05) is 43.0 Å². The summed E-state index contributed by atoms with van der Waals surface area (Å²) in [6.07, 6.45) is 3.79. The number of aromatic nitrogens is 2. The summed E-state index contributed by atoms with van der Waals surface area (Å²) < 4.78 is 1.76. The minimum absolute atomic E-state index is 0.0298. The van der Waals surface area contributed by atoms with Crippen molar-refractivity contribution in [2.24, 2.45) is 13.0 Å². The molecule has 28 heavy (non-hydrogen) atoms. The van der Waals surface area contributed by atoms with Crippen LogP contribution >= 0.6 is 11.8 Å². The Morgan fingerprint density at radius 2 is 2.07 bits per heavy atom. The normalized spacial score (nSPS) is 22.2. The lowest BCUT2D eigenvalue weighted by Gasteiger charge is -2.26. The second-order valence-corrected chi connectivity index (χ2v) is 8.52. The van der Waals surface area contributed by atoms with Gasteiger partial charge in [-0.05, 0) is 23.8 Å². The smallest absolute Gasteiger partial charge is 0.253 e. The number of amides is 2. The van der Waals surface area contributed by atoms with Gasteiger partial charge in [0.05, 0.1) is 12.1 Å². The predicted molar refractivity (Wildman–Crippen MR) is 111 cm³/mol. The number of anilines is 1. The molecule has 0 radical (unpaired) electrons. The van der Waals surface area contributed by atoms with Crippen LogP contribution in [0.15, 0.2) is 36.7 Å². The number of thioether (sulfide) groups is 1. The first-order valence-corrected chi connectivity index (χ1v) is 10.7. The molecule has 8 heteroatoms. The average molecular weight is 400 g/mol. The molecule has 2 aromatic rings. The summed E-state index contributed by atoms with van der Waals surface area (Å²) in [6, 6.07) is 7.26. The van der Waals surface area contributed by atoms with Crippen LogP contribution in [-0.2, 0) is 11.8 Å². The first-order valence-electron chi connectivity index (χ1n) is 9.59. The number of carbonyl (C=O) groups excluding carboxylic acids is 2. The fourth-order valence-electron chi connectivity index (χ4n) is 3.85. The summed E-state index contributed by atoms with van der Waals surface area (Å²) in [7, 11) is 1.88. The van der Waals surface area contributed by atoms with E-state index in [9.17, 15) is 9.59 Å². The van der Waals surface area contributed by atoms with Gasteiger partial charge in [0.2, 0.25) is 5.91 Å². The number of carbonyl (C=O) groups is 2. The van der Waals surface area contributed by atoms with Crippen molar-refractivity contribution in [3.8, 4) is 0 Å². The van der Waals surface area contributed by atoms with Crippen LogP contribution in [-0.4, -0.2) is 64.2 Å². The molecule has 2 atom stereocenters. The van der Waals surface area contributed by atoms with E-state index >= 15 is 0 Å². The molecule has 3 heterocycles. The van der Waals surface area contributed by atoms with Crippen molar-refractivity contribution in [2.45, 2.75) is 5.92 Å². The maximum absolute atomic E-state index is 12.9. The molecule has 1 aromatic carbocycles. The van der Waals surface area contributed by atoms with E-state index in [2.05, 4.69) is 15.7 Å². The molecular weight excluding hydrogens is 374 g/mol. The number of nitrogens with one attached hydrogen (secondary N) is 2. The summed E-state index contributed by atoms with van der Waals surface area (Å²) in [5.41, 5.74) is 2.36. The summed E-state index contributed by atoms with van der Waals surface area (Å²) in [4.78, 5) is 27.5. The Morgan fingerprint density at radius 3 is 2.82 bits per heavy atom. The molecule has 1 aromatic heterocycles. The van der Waals surface area contributed by atoms with Gasteiger partial charge in [-0.25, -0.2) is 0 Å². The predicted octanol–water partition coefficient (Wildman–Crippen LogP) is 1.55. The second kappa shape index (κ2) is 8.36. The molecule has 0 spiro atoms. The van der Waals surface area contributed by atoms with Crippen LogP contribution in [0.1, 0.15) is 21.8 Å². The lowest BCUT2D eigenvalue weighted by Crippen LogP contribution is -2.37. The van der Waals surface area contributed by atoms with Crippen LogP contribution < -0.4 is 10.6 Å². The first-order chi connectivity index (χ1) is 13.6. The molecule has 2 fully saturated rings. The monoisotopic (exact) mass is 399 g/mol. The Kier molecular flexibility index (Phi) is 5.68. The number of rotatable bonds is 4. The third-order valence-electron chi connectivity index (χ3n) is 5.38. The van der Waals surface area contributed by atoms with E-state index in [1.165, 1.54) is 0 Å². The molecule has 2 aliphatic heterocycles. The van der Waals surface area contributed by atoms with Crippen LogP contribution in [0.25, 0.3) is 0 Å². The number of hydrogen-bond acceptors (Lipinski definition) is 5. The Morgan fingerprint density at radius 1 is 1.25 bits per heavy atom. The van der Waals surface area contributed by atoms with E-state index in [1.807, 2.05) is 54.3 Å². The Balaban J connectivity index is 1.45.